The summed E-state index contributed by atoms with van der Waals surface area (Å²) in [5, 5.41) is 4.64. The van der Waals surface area contributed by atoms with E-state index in [9.17, 15) is 4.79 Å². The smallest absolute Gasteiger partial charge is 0.220 e. The maximum Gasteiger partial charge on any atom is 0.220 e. The number of allylic oxidation sites excluding steroid dienone is 1. The van der Waals surface area contributed by atoms with Gasteiger partial charge in [-0.3, -0.25) is 9.69 Å². The fourth-order valence-electron chi connectivity index (χ4n) is 4.69. The first kappa shape index (κ1) is 25.0. The molecule has 174 valence electrons. The third-order valence-corrected chi connectivity index (χ3v) is 7.14. The van der Waals surface area contributed by atoms with Crippen molar-refractivity contribution in [3.63, 3.8) is 0 Å². The van der Waals surface area contributed by atoms with E-state index in [-0.39, 0.29) is 5.91 Å². The van der Waals surface area contributed by atoms with Gasteiger partial charge in [0, 0.05) is 50.1 Å². The Hall–Kier alpha value is -1.67. The molecule has 0 bridgehead atoms. The summed E-state index contributed by atoms with van der Waals surface area (Å²) >= 11 is 12.4. The van der Waals surface area contributed by atoms with E-state index in [0.29, 0.717) is 17.5 Å². The zero-order valence-electron chi connectivity index (χ0n) is 18.9. The van der Waals surface area contributed by atoms with E-state index in [1.54, 1.807) is 6.08 Å². The van der Waals surface area contributed by atoms with Crippen LogP contribution in [0.4, 0.5) is 5.69 Å². The predicted octanol–water partition coefficient (Wildman–Crippen LogP) is 5.54. The number of nitrogens with one attached hydrogen (secondary N) is 1. The van der Waals surface area contributed by atoms with Gasteiger partial charge in [-0.05, 0) is 75.3 Å². The zero-order valence-corrected chi connectivity index (χ0v) is 20.4. The van der Waals surface area contributed by atoms with Crippen LogP contribution < -0.4 is 10.2 Å². The Bertz CT molecular complexity index is 816. The SMILES string of the molecule is C=CC#CCCCC(=O)NC1CCC(CCN2CCN(c3ccc(Cl)cc3Cl)CC2)CC1. The third-order valence-electron chi connectivity index (χ3n) is 6.60. The third kappa shape index (κ3) is 8.03. The lowest BCUT2D eigenvalue weighted by Crippen LogP contribution is -2.47. The van der Waals surface area contributed by atoms with E-state index < -0.39 is 0 Å². The van der Waals surface area contributed by atoms with Crippen molar-refractivity contribution in [2.75, 3.05) is 37.6 Å². The molecule has 1 saturated carbocycles. The highest BCUT2D eigenvalue weighted by Crippen LogP contribution is 2.30. The number of carbonyl (C=O) groups excluding carboxylic acids is 1. The van der Waals surface area contributed by atoms with Crippen LogP contribution in [0.5, 0.6) is 0 Å². The summed E-state index contributed by atoms with van der Waals surface area (Å²) in [5.41, 5.74) is 1.08. The number of piperazine rings is 1. The number of hydrogen-bond donors (Lipinski definition) is 1. The first-order valence-corrected chi connectivity index (χ1v) is 12.6. The highest BCUT2D eigenvalue weighted by atomic mass is 35.5. The monoisotopic (exact) mass is 475 g/mol. The van der Waals surface area contributed by atoms with Crippen molar-refractivity contribution < 1.29 is 4.79 Å². The van der Waals surface area contributed by atoms with Gasteiger partial charge < -0.3 is 10.2 Å². The van der Waals surface area contributed by atoms with Crippen LogP contribution >= 0.6 is 23.2 Å². The molecule has 32 heavy (non-hydrogen) atoms. The molecule has 1 aliphatic heterocycles. The van der Waals surface area contributed by atoms with Gasteiger partial charge in [0.15, 0.2) is 0 Å². The summed E-state index contributed by atoms with van der Waals surface area (Å²) in [7, 11) is 0. The Kier molecular flexibility index (Phi) is 10.2. The summed E-state index contributed by atoms with van der Waals surface area (Å²) in [6, 6.07) is 6.11. The molecule has 1 amide bonds. The molecule has 1 aromatic rings. The Balaban J connectivity index is 1.29. The van der Waals surface area contributed by atoms with E-state index in [0.717, 1.165) is 75.0 Å². The van der Waals surface area contributed by atoms with E-state index in [1.807, 2.05) is 18.2 Å². The number of unbranched alkanes of at least 4 members (excludes halogenated alkanes) is 1. The highest BCUT2D eigenvalue weighted by molar-refractivity contribution is 6.36. The lowest BCUT2D eigenvalue weighted by atomic mass is 9.84. The lowest BCUT2D eigenvalue weighted by Gasteiger charge is -2.37. The minimum Gasteiger partial charge on any atom is -0.368 e. The molecule has 0 aromatic heterocycles. The van der Waals surface area contributed by atoms with Crippen molar-refractivity contribution in [2.45, 2.75) is 57.4 Å². The molecule has 2 aliphatic rings. The molecule has 0 unspecified atom stereocenters. The molecule has 1 aliphatic carbocycles. The molecule has 1 heterocycles. The molecule has 0 spiro atoms. The van der Waals surface area contributed by atoms with Crippen molar-refractivity contribution in [1.29, 1.82) is 0 Å². The van der Waals surface area contributed by atoms with Crippen molar-refractivity contribution in [3.05, 3.63) is 40.9 Å². The minimum atomic E-state index is 0.174. The summed E-state index contributed by atoms with van der Waals surface area (Å²) in [4.78, 5) is 17.0. The molecule has 2 fully saturated rings. The van der Waals surface area contributed by atoms with Crippen LogP contribution in [0.15, 0.2) is 30.9 Å². The van der Waals surface area contributed by atoms with Crippen LogP contribution in [-0.4, -0.2) is 49.6 Å². The van der Waals surface area contributed by atoms with Crippen LogP contribution in [0, 0.1) is 17.8 Å². The average Bonchev–Trinajstić information content (AvgIpc) is 2.79. The van der Waals surface area contributed by atoms with Gasteiger partial charge >= 0.3 is 0 Å². The normalized spacial score (nSPS) is 21.5. The van der Waals surface area contributed by atoms with Gasteiger partial charge in [-0.2, -0.15) is 0 Å². The molecule has 1 N–H and O–H groups in total. The number of rotatable bonds is 8. The van der Waals surface area contributed by atoms with Gasteiger partial charge in [0.1, 0.15) is 0 Å². The van der Waals surface area contributed by atoms with Crippen molar-refractivity contribution in [1.82, 2.24) is 10.2 Å². The van der Waals surface area contributed by atoms with E-state index >= 15 is 0 Å². The molecule has 0 atom stereocenters. The Labute approximate surface area is 203 Å². The van der Waals surface area contributed by atoms with Gasteiger partial charge in [-0.25, -0.2) is 0 Å². The molecular formula is C26H35Cl2N3O. The first-order chi connectivity index (χ1) is 15.5. The zero-order chi connectivity index (χ0) is 22.8. The van der Waals surface area contributed by atoms with Crippen molar-refractivity contribution >= 4 is 34.8 Å². The van der Waals surface area contributed by atoms with Gasteiger partial charge in [0.05, 0.1) is 10.7 Å². The molecule has 3 rings (SSSR count). The summed E-state index contributed by atoms with van der Waals surface area (Å²) in [6.45, 7) is 8.87. The number of hydrogen-bond acceptors (Lipinski definition) is 3. The number of halogens is 2. The molecule has 1 aromatic carbocycles. The molecular weight excluding hydrogens is 441 g/mol. The molecule has 0 radical (unpaired) electrons. The topological polar surface area (TPSA) is 35.6 Å². The Morgan fingerprint density at radius 3 is 2.59 bits per heavy atom. The van der Waals surface area contributed by atoms with Gasteiger partial charge in [0.25, 0.3) is 0 Å². The second-order valence-corrected chi connectivity index (χ2v) is 9.72. The van der Waals surface area contributed by atoms with E-state index in [1.165, 1.54) is 19.3 Å². The summed E-state index contributed by atoms with van der Waals surface area (Å²) < 4.78 is 0. The van der Waals surface area contributed by atoms with Crippen LogP contribution in [-0.2, 0) is 4.79 Å². The number of anilines is 1. The number of nitrogens with zero attached hydrogens (tertiary/aromatic N) is 2. The fourth-order valence-corrected chi connectivity index (χ4v) is 5.22. The molecule has 4 nitrogen and oxygen atoms in total. The molecule has 6 heteroatoms. The minimum absolute atomic E-state index is 0.174. The maximum atomic E-state index is 12.1. The second kappa shape index (κ2) is 13.1. The Morgan fingerprint density at radius 2 is 1.91 bits per heavy atom. The first-order valence-electron chi connectivity index (χ1n) is 11.9. The summed E-state index contributed by atoms with van der Waals surface area (Å²) in [6.07, 6.45) is 9.64. The fraction of sp³-hybridized carbons (Fsp3) is 0.577. The highest BCUT2D eigenvalue weighted by Gasteiger charge is 2.24. The van der Waals surface area contributed by atoms with Crippen LogP contribution in [0.3, 0.4) is 0 Å². The average molecular weight is 476 g/mol. The maximum absolute atomic E-state index is 12.1. The van der Waals surface area contributed by atoms with Crippen molar-refractivity contribution in [2.24, 2.45) is 5.92 Å². The largest absolute Gasteiger partial charge is 0.368 e. The number of carbonyl (C=O) groups is 1. The second-order valence-electron chi connectivity index (χ2n) is 8.88. The number of amides is 1. The van der Waals surface area contributed by atoms with E-state index in [4.69, 9.17) is 23.2 Å². The number of benzene rings is 1. The summed E-state index contributed by atoms with van der Waals surface area (Å²) in [5.74, 6) is 6.77. The van der Waals surface area contributed by atoms with Crippen LogP contribution in [0.25, 0.3) is 0 Å². The van der Waals surface area contributed by atoms with Gasteiger partial charge in [-0.1, -0.05) is 41.6 Å². The quantitative estimate of drug-likeness (QED) is 0.395. The van der Waals surface area contributed by atoms with Crippen molar-refractivity contribution in [3.8, 4) is 11.8 Å². The standard InChI is InChI=1S/C26H35Cl2N3O/c1-2-3-4-5-6-7-26(32)29-23-11-8-21(9-12-23)14-15-30-16-18-31(19-17-30)25-13-10-22(27)20-24(25)28/h2,10,13,20-21,23H,1,5-9,11-12,14-19H2,(H,29,32). The van der Waals surface area contributed by atoms with Gasteiger partial charge in [0.2, 0.25) is 5.91 Å². The molecule has 1 saturated heterocycles. The lowest BCUT2D eigenvalue weighted by molar-refractivity contribution is -0.122. The van der Waals surface area contributed by atoms with Crippen LogP contribution in [0.2, 0.25) is 10.0 Å². The predicted molar refractivity (Wildman–Crippen MR) is 135 cm³/mol. The van der Waals surface area contributed by atoms with Gasteiger partial charge in [-0.15, -0.1) is 0 Å². The Morgan fingerprint density at radius 1 is 1.16 bits per heavy atom. The van der Waals surface area contributed by atoms with E-state index in [2.05, 4.69) is 33.5 Å². The van der Waals surface area contributed by atoms with Crippen LogP contribution in [0.1, 0.15) is 51.4 Å².